The van der Waals surface area contributed by atoms with Crippen LogP contribution in [-0.4, -0.2) is 28.9 Å². The maximum atomic E-state index is 12.5. The number of furan rings is 1. The second kappa shape index (κ2) is 5.40. The van der Waals surface area contributed by atoms with Gasteiger partial charge in [-0.05, 0) is 32.8 Å². The molecular formula is C15H18N2O2S. The van der Waals surface area contributed by atoms with Crippen LogP contribution in [-0.2, 0) is 0 Å². The summed E-state index contributed by atoms with van der Waals surface area (Å²) in [6.07, 6.45) is 3.71. The normalized spacial score (nSPS) is 19.3. The fraction of sp³-hybridized carbons (Fsp3) is 0.467. The van der Waals surface area contributed by atoms with Gasteiger partial charge in [0.05, 0.1) is 11.3 Å². The van der Waals surface area contributed by atoms with E-state index >= 15 is 0 Å². The summed E-state index contributed by atoms with van der Waals surface area (Å²) in [5.41, 5.74) is 1.97. The van der Waals surface area contributed by atoms with Gasteiger partial charge >= 0.3 is 0 Å². The van der Waals surface area contributed by atoms with Crippen LogP contribution in [0.25, 0.3) is 0 Å². The molecule has 3 heterocycles. The number of carbonyl (C=O) groups is 1. The molecule has 4 nitrogen and oxygen atoms in total. The number of hydrogen-bond donors (Lipinski definition) is 0. The predicted octanol–water partition coefficient (Wildman–Crippen LogP) is 3.37. The summed E-state index contributed by atoms with van der Waals surface area (Å²) in [7, 11) is 0. The van der Waals surface area contributed by atoms with Crippen LogP contribution in [0.5, 0.6) is 0 Å². The first-order chi connectivity index (χ1) is 9.65. The third-order valence-electron chi connectivity index (χ3n) is 3.75. The molecule has 2 aromatic rings. The van der Waals surface area contributed by atoms with Crippen LogP contribution < -0.4 is 0 Å². The molecule has 1 fully saturated rings. The van der Waals surface area contributed by atoms with E-state index < -0.39 is 0 Å². The highest BCUT2D eigenvalue weighted by Gasteiger charge is 2.28. The van der Waals surface area contributed by atoms with Gasteiger partial charge < -0.3 is 9.32 Å². The Labute approximate surface area is 122 Å². The van der Waals surface area contributed by atoms with E-state index in [2.05, 4.69) is 10.4 Å². The highest BCUT2D eigenvalue weighted by atomic mass is 32.1. The number of carbonyl (C=O) groups excluding carboxylic acids is 1. The molecule has 0 radical (unpaired) electrons. The molecule has 0 spiro atoms. The number of hydrogen-bond acceptors (Lipinski definition) is 4. The van der Waals surface area contributed by atoms with E-state index in [0.717, 1.165) is 42.2 Å². The van der Waals surface area contributed by atoms with Gasteiger partial charge in [-0.1, -0.05) is 0 Å². The zero-order valence-electron chi connectivity index (χ0n) is 11.8. The second-order valence-electron chi connectivity index (χ2n) is 5.35. The van der Waals surface area contributed by atoms with E-state index in [0.29, 0.717) is 11.7 Å². The Balaban J connectivity index is 1.75. The van der Waals surface area contributed by atoms with Crippen LogP contribution in [0, 0.1) is 13.8 Å². The van der Waals surface area contributed by atoms with Crippen LogP contribution in [0.1, 0.15) is 45.6 Å². The molecule has 1 amide bonds. The average Bonchev–Trinajstić information content (AvgIpc) is 3.07. The van der Waals surface area contributed by atoms with Crippen molar-refractivity contribution in [2.45, 2.75) is 32.6 Å². The van der Waals surface area contributed by atoms with Crippen LogP contribution in [0.3, 0.4) is 0 Å². The fourth-order valence-electron chi connectivity index (χ4n) is 2.66. The summed E-state index contributed by atoms with van der Waals surface area (Å²) in [4.78, 5) is 18.9. The van der Waals surface area contributed by atoms with Crippen molar-refractivity contribution in [1.29, 1.82) is 0 Å². The highest BCUT2D eigenvalue weighted by Crippen LogP contribution is 2.30. The second-order valence-corrected chi connectivity index (χ2v) is 6.24. The van der Waals surface area contributed by atoms with Gasteiger partial charge in [-0.25, -0.2) is 4.98 Å². The van der Waals surface area contributed by atoms with Crippen molar-refractivity contribution in [3.8, 4) is 0 Å². The molecule has 2 aromatic heterocycles. The summed E-state index contributed by atoms with van der Waals surface area (Å²) in [6, 6.07) is 1.83. The molecule has 1 atom stereocenters. The van der Waals surface area contributed by atoms with Gasteiger partial charge in [-0.3, -0.25) is 4.79 Å². The number of rotatable bonds is 2. The molecule has 20 heavy (non-hydrogen) atoms. The minimum Gasteiger partial charge on any atom is -0.459 e. The Morgan fingerprint density at radius 1 is 1.50 bits per heavy atom. The van der Waals surface area contributed by atoms with E-state index in [1.54, 1.807) is 17.6 Å². The molecule has 1 saturated heterocycles. The quantitative estimate of drug-likeness (QED) is 0.852. The van der Waals surface area contributed by atoms with Crippen LogP contribution in [0.4, 0.5) is 0 Å². The van der Waals surface area contributed by atoms with E-state index in [1.165, 1.54) is 0 Å². The van der Waals surface area contributed by atoms with Crippen molar-refractivity contribution in [1.82, 2.24) is 9.88 Å². The summed E-state index contributed by atoms with van der Waals surface area (Å²) >= 11 is 1.70. The van der Waals surface area contributed by atoms with Gasteiger partial charge in [0.1, 0.15) is 0 Å². The van der Waals surface area contributed by atoms with Crippen molar-refractivity contribution >= 4 is 17.2 Å². The van der Waals surface area contributed by atoms with Crippen molar-refractivity contribution in [3.05, 3.63) is 39.7 Å². The molecule has 1 unspecified atom stereocenters. The Morgan fingerprint density at radius 3 is 3.00 bits per heavy atom. The largest absolute Gasteiger partial charge is 0.459 e. The van der Waals surface area contributed by atoms with Gasteiger partial charge in [0.2, 0.25) is 0 Å². The summed E-state index contributed by atoms with van der Waals surface area (Å²) in [5.74, 6) is 0.841. The van der Waals surface area contributed by atoms with Gasteiger partial charge in [0.15, 0.2) is 5.76 Å². The number of likely N-dealkylation sites (tertiary alicyclic amines) is 1. The van der Waals surface area contributed by atoms with E-state index in [-0.39, 0.29) is 5.91 Å². The molecular weight excluding hydrogens is 272 g/mol. The Hall–Kier alpha value is -1.62. The first-order valence-electron chi connectivity index (χ1n) is 6.90. The molecule has 0 aromatic carbocycles. The van der Waals surface area contributed by atoms with Crippen molar-refractivity contribution < 1.29 is 9.21 Å². The Bertz CT molecular complexity index is 617. The molecule has 0 aliphatic carbocycles. The summed E-state index contributed by atoms with van der Waals surface area (Å²) in [6.45, 7) is 5.46. The molecule has 0 N–H and O–H groups in total. The first kappa shape index (κ1) is 13.4. The zero-order valence-corrected chi connectivity index (χ0v) is 12.6. The van der Waals surface area contributed by atoms with E-state index in [4.69, 9.17) is 4.42 Å². The summed E-state index contributed by atoms with van der Waals surface area (Å²) in [5, 5.41) is 3.23. The predicted molar refractivity (Wildman–Crippen MR) is 78.2 cm³/mol. The lowest BCUT2D eigenvalue weighted by molar-refractivity contribution is 0.0674. The topological polar surface area (TPSA) is 46.3 Å². The van der Waals surface area contributed by atoms with Gasteiger partial charge in [0.25, 0.3) is 5.91 Å². The number of aryl methyl sites for hydroxylation is 2. The van der Waals surface area contributed by atoms with Crippen molar-refractivity contribution in [3.63, 3.8) is 0 Å². The number of amides is 1. The molecule has 0 bridgehead atoms. The Morgan fingerprint density at radius 2 is 2.35 bits per heavy atom. The van der Waals surface area contributed by atoms with Gasteiger partial charge in [-0.2, -0.15) is 0 Å². The maximum absolute atomic E-state index is 12.5. The standard InChI is InChI=1S/C15H18N2O2S/c1-10-5-7-19-13(10)15(18)17-6-3-4-12(8-17)14-16-11(2)9-20-14/h5,7,9,12H,3-4,6,8H2,1-2H3. The number of nitrogens with zero attached hydrogens (tertiary/aromatic N) is 2. The van der Waals surface area contributed by atoms with Crippen molar-refractivity contribution in [2.24, 2.45) is 0 Å². The molecule has 5 heteroatoms. The van der Waals surface area contributed by atoms with Crippen LogP contribution in [0.2, 0.25) is 0 Å². The van der Waals surface area contributed by atoms with Crippen LogP contribution >= 0.6 is 11.3 Å². The zero-order chi connectivity index (χ0) is 14.1. The van der Waals surface area contributed by atoms with E-state index in [1.807, 2.05) is 24.8 Å². The molecule has 1 aliphatic heterocycles. The molecule has 0 saturated carbocycles. The van der Waals surface area contributed by atoms with Gasteiger partial charge in [-0.15, -0.1) is 11.3 Å². The minimum absolute atomic E-state index is 0.00507. The monoisotopic (exact) mass is 290 g/mol. The lowest BCUT2D eigenvalue weighted by Crippen LogP contribution is -2.39. The smallest absolute Gasteiger partial charge is 0.289 e. The molecule has 3 rings (SSSR count). The third kappa shape index (κ3) is 2.50. The molecule has 106 valence electrons. The first-order valence-corrected chi connectivity index (χ1v) is 7.78. The number of thiazole rings is 1. The Kier molecular flexibility index (Phi) is 3.61. The number of piperidine rings is 1. The minimum atomic E-state index is 0.00507. The molecule has 1 aliphatic rings. The number of aromatic nitrogens is 1. The fourth-order valence-corrected chi connectivity index (χ4v) is 3.58. The summed E-state index contributed by atoms with van der Waals surface area (Å²) < 4.78 is 5.32. The lowest BCUT2D eigenvalue weighted by atomic mass is 9.98. The average molecular weight is 290 g/mol. The van der Waals surface area contributed by atoms with Gasteiger partial charge in [0, 0.05) is 35.6 Å². The van der Waals surface area contributed by atoms with Crippen molar-refractivity contribution in [2.75, 3.05) is 13.1 Å². The van der Waals surface area contributed by atoms with E-state index in [9.17, 15) is 4.79 Å². The highest BCUT2D eigenvalue weighted by molar-refractivity contribution is 7.09. The maximum Gasteiger partial charge on any atom is 0.289 e. The van der Waals surface area contributed by atoms with Crippen LogP contribution in [0.15, 0.2) is 22.1 Å². The third-order valence-corrected chi connectivity index (χ3v) is 4.88. The SMILES string of the molecule is Cc1csc(C2CCCN(C(=O)c3occc3C)C2)n1. The lowest BCUT2D eigenvalue weighted by Gasteiger charge is -2.31.